The first kappa shape index (κ1) is 19.0. The topological polar surface area (TPSA) is 86.1 Å². The normalized spacial score (nSPS) is 25.8. The molecule has 1 aromatic rings. The summed E-state index contributed by atoms with van der Waals surface area (Å²) in [6.07, 6.45) is 4.79. The van der Waals surface area contributed by atoms with Crippen molar-refractivity contribution in [3.8, 4) is 5.75 Å². The van der Waals surface area contributed by atoms with Crippen LogP contribution in [0.1, 0.15) is 37.7 Å². The molecule has 0 saturated carbocycles. The number of benzene rings is 1. The molecule has 1 amide bonds. The van der Waals surface area contributed by atoms with Gasteiger partial charge in [-0.3, -0.25) is 0 Å². The fourth-order valence-electron chi connectivity index (χ4n) is 4.11. The Balaban J connectivity index is 1.50. The van der Waals surface area contributed by atoms with Crippen LogP contribution in [0, 0.1) is 12.8 Å². The van der Waals surface area contributed by atoms with E-state index < -0.39 is 16.4 Å². The Morgan fingerprint density at radius 2 is 2.04 bits per heavy atom. The van der Waals surface area contributed by atoms with Crippen LogP contribution in [0.3, 0.4) is 0 Å². The second-order valence-electron chi connectivity index (χ2n) is 7.22. The first-order valence-electron chi connectivity index (χ1n) is 9.23. The van der Waals surface area contributed by atoms with E-state index in [-0.39, 0.29) is 12.4 Å². The van der Waals surface area contributed by atoms with Gasteiger partial charge in [0.1, 0.15) is 12.4 Å². The van der Waals surface area contributed by atoms with Gasteiger partial charge in [-0.05, 0) is 56.7 Å². The van der Waals surface area contributed by atoms with Crippen LogP contribution < -0.4 is 13.8 Å². The maximum atomic E-state index is 12.0. The minimum atomic E-state index is -4.26. The van der Waals surface area contributed by atoms with Crippen molar-refractivity contribution in [1.29, 1.82) is 0 Å². The fourth-order valence-corrected chi connectivity index (χ4v) is 4.77. The predicted molar refractivity (Wildman–Crippen MR) is 96.3 cm³/mol. The summed E-state index contributed by atoms with van der Waals surface area (Å²) in [7, 11) is -4.26. The summed E-state index contributed by atoms with van der Waals surface area (Å²) in [6, 6.07) is 7.11. The maximum Gasteiger partial charge on any atom is 0.423 e. The van der Waals surface area contributed by atoms with Gasteiger partial charge < -0.3 is 13.8 Å². The van der Waals surface area contributed by atoms with E-state index in [1.165, 1.54) is 32.0 Å². The molecule has 2 aliphatic heterocycles. The number of piperidine rings is 2. The second kappa shape index (κ2) is 8.26. The van der Waals surface area contributed by atoms with E-state index in [1.807, 2.05) is 17.7 Å². The van der Waals surface area contributed by atoms with Crippen molar-refractivity contribution in [3.05, 3.63) is 29.8 Å². The zero-order chi connectivity index (χ0) is 18.6. The van der Waals surface area contributed by atoms with Gasteiger partial charge in [-0.1, -0.05) is 12.1 Å². The van der Waals surface area contributed by atoms with Gasteiger partial charge in [-0.2, -0.15) is 13.1 Å². The largest absolute Gasteiger partial charge is 0.448 e. The van der Waals surface area contributed by atoms with Crippen LogP contribution in [0.5, 0.6) is 5.75 Å². The minimum absolute atomic E-state index is 0.152. The molecular weight excluding hydrogens is 356 g/mol. The quantitative estimate of drug-likeness (QED) is 0.798. The molecule has 2 saturated heterocycles. The number of quaternary nitrogens is 1. The number of ether oxygens (including phenoxy) is 1. The van der Waals surface area contributed by atoms with Gasteiger partial charge in [-0.15, -0.1) is 0 Å². The number of aryl methyl sites for hydroxylation is 1. The third-order valence-corrected chi connectivity index (χ3v) is 6.09. The molecular formula is C18H27N2O5S+. The number of fused-ring (bicyclic) bond motifs is 1. The lowest BCUT2D eigenvalue weighted by Crippen LogP contribution is -3.18. The summed E-state index contributed by atoms with van der Waals surface area (Å²) in [6.45, 7) is 4.44. The number of rotatable bonds is 5. The van der Waals surface area contributed by atoms with Crippen molar-refractivity contribution in [2.45, 2.75) is 45.1 Å². The molecule has 2 heterocycles. The monoisotopic (exact) mass is 383 g/mol. The van der Waals surface area contributed by atoms with Crippen molar-refractivity contribution in [3.63, 3.8) is 0 Å². The Kier molecular flexibility index (Phi) is 6.03. The number of hydrogen-bond donors (Lipinski definition) is 2. The average molecular weight is 383 g/mol. The number of hydrogen-bond acceptors (Lipinski definition) is 5. The third-order valence-electron chi connectivity index (χ3n) is 5.26. The molecule has 26 heavy (non-hydrogen) atoms. The standard InChI is InChI=1S/C18H26N2O5S/c1-14-6-4-8-16(12-14)25-26(22,23)19-18(21)24-13-15-7-5-11-20-10-3-2-9-17(15)20/h4,6,8,12,15,17H,2-3,5,7,9-11,13H2,1H3,(H,19,21)/p+1/t15-,17+/m0/s1. The summed E-state index contributed by atoms with van der Waals surface area (Å²) in [5.41, 5.74) is 0.858. The molecule has 8 heteroatoms. The van der Waals surface area contributed by atoms with Gasteiger partial charge in [0.15, 0.2) is 0 Å². The van der Waals surface area contributed by atoms with Crippen molar-refractivity contribution in [2.24, 2.45) is 5.92 Å². The molecule has 1 aromatic carbocycles. The molecule has 7 nitrogen and oxygen atoms in total. The lowest BCUT2D eigenvalue weighted by Gasteiger charge is -2.40. The van der Waals surface area contributed by atoms with Crippen LogP contribution >= 0.6 is 0 Å². The highest BCUT2D eigenvalue weighted by atomic mass is 32.2. The predicted octanol–water partition coefficient (Wildman–Crippen LogP) is 1.19. The summed E-state index contributed by atoms with van der Waals surface area (Å²) >= 11 is 0. The van der Waals surface area contributed by atoms with E-state index in [0.717, 1.165) is 24.8 Å². The van der Waals surface area contributed by atoms with Crippen LogP contribution in [0.25, 0.3) is 0 Å². The van der Waals surface area contributed by atoms with Crippen molar-refractivity contribution >= 4 is 16.4 Å². The first-order valence-corrected chi connectivity index (χ1v) is 10.6. The maximum absolute atomic E-state index is 12.0. The summed E-state index contributed by atoms with van der Waals surface area (Å²) in [5, 5.41) is 0. The van der Waals surface area contributed by atoms with Gasteiger partial charge >= 0.3 is 16.4 Å². The zero-order valence-corrected chi connectivity index (χ0v) is 15.9. The van der Waals surface area contributed by atoms with E-state index in [9.17, 15) is 13.2 Å². The highest BCUT2D eigenvalue weighted by Crippen LogP contribution is 2.20. The van der Waals surface area contributed by atoms with Crippen molar-refractivity contribution in [2.75, 3.05) is 19.7 Å². The number of amides is 1. The Bertz CT molecular complexity index is 735. The number of carbonyl (C=O) groups excluding carboxylic acids is 1. The molecule has 3 rings (SSSR count). The van der Waals surface area contributed by atoms with E-state index >= 15 is 0 Å². The lowest BCUT2D eigenvalue weighted by atomic mass is 9.84. The van der Waals surface area contributed by atoms with E-state index in [1.54, 1.807) is 17.0 Å². The first-order chi connectivity index (χ1) is 12.4. The van der Waals surface area contributed by atoms with Gasteiger partial charge in [-0.25, -0.2) is 4.79 Å². The molecule has 2 fully saturated rings. The highest BCUT2D eigenvalue weighted by molar-refractivity contribution is 7.85. The SMILES string of the molecule is Cc1cccc(OS(=O)(=O)NC(=O)OC[C@@H]2CCC[NH+]3CCCC[C@H]23)c1. The molecule has 2 aliphatic rings. The van der Waals surface area contributed by atoms with E-state index in [0.29, 0.717) is 12.0 Å². The van der Waals surface area contributed by atoms with Gasteiger partial charge in [0, 0.05) is 5.92 Å². The van der Waals surface area contributed by atoms with Gasteiger partial charge in [0.2, 0.25) is 0 Å². The van der Waals surface area contributed by atoms with Crippen LogP contribution in [-0.4, -0.2) is 40.2 Å². The fraction of sp³-hybridized carbons (Fsp3) is 0.611. The molecule has 0 radical (unpaired) electrons. The average Bonchev–Trinajstić information content (AvgIpc) is 2.59. The smallest absolute Gasteiger partial charge is 0.423 e. The van der Waals surface area contributed by atoms with Crippen molar-refractivity contribution < 1.29 is 27.0 Å². The molecule has 0 aromatic heterocycles. The van der Waals surface area contributed by atoms with Crippen LogP contribution in [0.2, 0.25) is 0 Å². The van der Waals surface area contributed by atoms with Crippen LogP contribution in [-0.2, 0) is 15.0 Å². The van der Waals surface area contributed by atoms with Gasteiger partial charge in [0.25, 0.3) is 0 Å². The van der Waals surface area contributed by atoms with Crippen molar-refractivity contribution in [1.82, 2.24) is 4.72 Å². The summed E-state index contributed by atoms with van der Waals surface area (Å²) in [5.74, 6) is 0.448. The Labute approximate surface area is 154 Å². The van der Waals surface area contributed by atoms with Gasteiger partial charge in [0.05, 0.1) is 19.1 Å². The Morgan fingerprint density at radius 3 is 2.85 bits per heavy atom. The molecule has 144 valence electrons. The molecule has 3 atom stereocenters. The van der Waals surface area contributed by atoms with Crippen LogP contribution in [0.4, 0.5) is 4.79 Å². The van der Waals surface area contributed by atoms with E-state index in [4.69, 9.17) is 8.92 Å². The highest BCUT2D eigenvalue weighted by Gasteiger charge is 2.37. The second-order valence-corrected chi connectivity index (χ2v) is 8.50. The summed E-state index contributed by atoms with van der Waals surface area (Å²) in [4.78, 5) is 13.5. The number of nitrogens with one attached hydrogen (secondary N) is 2. The molecule has 2 N–H and O–H groups in total. The lowest BCUT2D eigenvalue weighted by molar-refractivity contribution is -0.940. The van der Waals surface area contributed by atoms with E-state index in [2.05, 4.69) is 0 Å². The molecule has 1 unspecified atom stereocenters. The molecule has 0 bridgehead atoms. The Morgan fingerprint density at radius 1 is 1.23 bits per heavy atom. The number of carbonyl (C=O) groups is 1. The van der Waals surface area contributed by atoms with Crippen LogP contribution in [0.15, 0.2) is 24.3 Å². The molecule has 0 aliphatic carbocycles. The molecule has 0 spiro atoms. The summed E-state index contributed by atoms with van der Waals surface area (Å²) < 4.78 is 35.8. The third kappa shape index (κ3) is 5.11. The minimum Gasteiger partial charge on any atom is -0.448 e. The Hall–Kier alpha value is -1.80. The zero-order valence-electron chi connectivity index (χ0n) is 15.1.